The predicted molar refractivity (Wildman–Crippen MR) is 60.4 cm³/mol. The second-order valence-corrected chi connectivity index (χ2v) is 3.44. The molecule has 3 heteroatoms. The van der Waals surface area contributed by atoms with Crippen molar-refractivity contribution in [2.45, 2.75) is 20.3 Å². The molecule has 0 aliphatic heterocycles. The van der Waals surface area contributed by atoms with Gasteiger partial charge < -0.3 is 10.1 Å². The SMILES string of the molecule is CCCNC(=O)c1ccc(C)c(OC)c1. The third kappa shape index (κ3) is 2.98. The lowest BCUT2D eigenvalue weighted by atomic mass is 10.1. The van der Waals surface area contributed by atoms with Crippen molar-refractivity contribution in [2.24, 2.45) is 0 Å². The van der Waals surface area contributed by atoms with E-state index in [1.165, 1.54) is 0 Å². The standard InChI is InChI=1S/C12H17NO2/c1-4-7-13-12(14)10-6-5-9(2)11(8-10)15-3/h5-6,8H,4,7H2,1-3H3,(H,13,14). The maximum Gasteiger partial charge on any atom is 0.251 e. The van der Waals surface area contributed by atoms with Crippen LogP contribution in [0.15, 0.2) is 18.2 Å². The molecule has 0 saturated carbocycles. The zero-order valence-electron chi connectivity index (χ0n) is 9.46. The third-order valence-electron chi connectivity index (χ3n) is 2.21. The van der Waals surface area contributed by atoms with Gasteiger partial charge in [-0.05, 0) is 31.0 Å². The third-order valence-corrected chi connectivity index (χ3v) is 2.21. The van der Waals surface area contributed by atoms with Crippen molar-refractivity contribution in [1.82, 2.24) is 5.32 Å². The first-order chi connectivity index (χ1) is 7.19. The van der Waals surface area contributed by atoms with E-state index >= 15 is 0 Å². The van der Waals surface area contributed by atoms with Gasteiger partial charge in [0.2, 0.25) is 0 Å². The number of aryl methyl sites for hydroxylation is 1. The Bertz CT molecular complexity index is 347. The molecule has 0 aliphatic carbocycles. The molecular formula is C12H17NO2. The van der Waals surface area contributed by atoms with Crippen molar-refractivity contribution in [2.75, 3.05) is 13.7 Å². The summed E-state index contributed by atoms with van der Waals surface area (Å²) < 4.78 is 5.16. The van der Waals surface area contributed by atoms with Gasteiger partial charge in [-0.25, -0.2) is 0 Å². The maximum absolute atomic E-state index is 11.6. The van der Waals surface area contributed by atoms with Crippen molar-refractivity contribution < 1.29 is 9.53 Å². The Kier molecular flexibility index (Phi) is 4.16. The van der Waals surface area contributed by atoms with E-state index in [2.05, 4.69) is 5.32 Å². The molecule has 0 atom stereocenters. The van der Waals surface area contributed by atoms with E-state index in [0.717, 1.165) is 17.7 Å². The van der Waals surface area contributed by atoms with Crippen LogP contribution in [-0.4, -0.2) is 19.6 Å². The van der Waals surface area contributed by atoms with Gasteiger partial charge in [-0.3, -0.25) is 4.79 Å². The van der Waals surface area contributed by atoms with E-state index in [-0.39, 0.29) is 5.91 Å². The van der Waals surface area contributed by atoms with Crippen LogP contribution in [-0.2, 0) is 0 Å². The van der Waals surface area contributed by atoms with E-state index < -0.39 is 0 Å². The number of carbonyl (C=O) groups excluding carboxylic acids is 1. The molecule has 0 aromatic heterocycles. The molecule has 0 fully saturated rings. The van der Waals surface area contributed by atoms with Crippen LogP contribution >= 0.6 is 0 Å². The Morgan fingerprint density at radius 3 is 2.80 bits per heavy atom. The molecule has 0 heterocycles. The molecule has 1 aromatic rings. The van der Waals surface area contributed by atoms with Gasteiger partial charge in [-0.1, -0.05) is 13.0 Å². The van der Waals surface area contributed by atoms with Gasteiger partial charge in [0, 0.05) is 12.1 Å². The number of nitrogens with one attached hydrogen (secondary N) is 1. The average Bonchev–Trinajstić information content (AvgIpc) is 2.26. The van der Waals surface area contributed by atoms with E-state index in [1.54, 1.807) is 13.2 Å². The fraction of sp³-hybridized carbons (Fsp3) is 0.417. The summed E-state index contributed by atoms with van der Waals surface area (Å²) >= 11 is 0. The minimum Gasteiger partial charge on any atom is -0.496 e. The zero-order chi connectivity index (χ0) is 11.3. The highest BCUT2D eigenvalue weighted by Crippen LogP contribution is 2.18. The van der Waals surface area contributed by atoms with Crippen LogP contribution in [0, 0.1) is 6.92 Å². The zero-order valence-corrected chi connectivity index (χ0v) is 9.46. The normalized spacial score (nSPS) is 9.80. The summed E-state index contributed by atoms with van der Waals surface area (Å²) in [6.45, 7) is 4.68. The molecular weight excluding hydrogens is 190 g/mol. The van der Waals surface area contributed by atoms with Crippen molar-refractivity contribution in [3.8, 4) is 5.75 Å². The second-order valence-electron chi connectivity index (χ2n) is 3.44. The van der Waals surface area contributed by atoms with Gasteiger partial charge >= 0.3 is 0 Å². The molecule has 0 saturated heterocycles. The Morgan fingerprint density at radius 1 is 1.47 bits per heavy atom. The van der Waals surface area contributed by atoms with Crippen LogP contribution < -0.4 is 10.1 Å². The van der Waals surface area contributed by atoms with E-state index in [0.29, 0.717) is 12.1 Å². The summed E-state index contributed by atoms with van der Waals surface area (Å²) in [6.07, 6.45) is 0.939. The van der Waals surface area contributed by atoms with Crippen molar-refractivity contribution in [3.05, 3.63) is 29.3 Å². The fourth-order valence-corrected chi connectivity index (χ4v) is 1.30. The summed E-state index contributed by atoms with van der Waals surface area (Å²) in [5.41, 5.74) is 1.68. The molecule has 0 spiro atoms. The lowest BCUT2D eigenvalue weighted by Gasteiger charge is -2.07. The highest BCUT2D eigenvalue weighted by Gasteiger charge is 2.07. The molecule has 82 valence electrons. The number of benzene rings is 1. The van der Waals surface area contributed by atoms with Gasteiger partial charge in [0.15, 0.2) is 0 Å². The Labute approximate surface area is 90.4 Å². The van der Waals surface area contributed by atoms with Crippen LogP contribution in [0.25, 0.3) is 0 Å². The second kappa shape index (κ2) is 5.39. The molecule has 3 nitrogen and oxygen atoms in total. The van der Waals surface area contributed by atoms with Gasteiger partial charge in [-0.2, -0.15) is 0 Å². The maximum atomic E-state index is 11.6. The van der Waals surface area contributed by atoms with Crippen molar-refractivity contribution >= 4 is 5.91 Å². The number of hydrogen-bond donors (Lipinski definition) is 1. The number of amides is 1. The smallest absolute Gasteiger partial charge is 0.251 e. The first kappa shape index (κ1) is 11.6. The van der Waals surface area contributed by atoms with Gasteiger partial charge in [-0.15, -0.1) is 0 Å². The highest BCUT2D eigenvalue weighted by atomic mass is 16.5. The van der Waals surface area contributed by atoms with Crippen molar-refractivity contribution in [3.63, 3.8) is 0 Å². The Hall–Kier alpha value is -1.51. The minimum absolute atomic E-state index is 0.0462. The fourth-order valence-electron chi connectivity index (χ4n) is 1.30. The first-order valence-corrected chi connectivity index (χ1v) is 5.12. The molecule has 1 amide bonds. The quantitative estimate of drug-likeness (QED) is 0.821. The largest absolute Gasteiger partial charge is 0.496 e. The van der Waals surface area contributed by atoms with Crippen molar-refractivity contribution in [1.29, 1.82) is 0 Å². The Balaban J connectivity index is 2.81. The van der Waals surface area contributed by atoms with Crippen LogP contribution in [0.2, 0.25) is 0 Å². The number of hydrogen-bond acceptors (Lipinski definition) is 2. The van der Waals surface area contributed by atoms with Gasteiger partial charge in [0.05, 0.1) is 7.11 Å². The summed E-state index contributed by atoms with van der Waals surface area (Å²) in [5, 5.41) is 2.82. The Morgan fingerprint density at radius 2 is 2.20 bits per heavy atom. The van der Waals surface area contributed by atoms with Gasteiger partial charge in [0.25, 0.3) is 5.91 Å². The van der Waals surface area contributed by atoms with Crippen LogP contribution in [0.5, 0.6) is 5.75 Å². The minimum atomic E-state index is -0.0462. The molecule has 1 aromatic carbocycles. The number of methoxy groups -OCH3 is 1. The number of carbonyl (C=O) groups is 1. The van der Waals surface area contributed by atoms with E-state index in [1.807, 2.05) is 26.0 Å². The molecule has 1 rings (SSSR count). The van der Waals surface area contributed by atoms with Crippen LogP contribution in [0.4, 0.5) is 0 Å². The molecule has 0 bridgehead atoms. The molecule has 0 aliphatic rings. The highest BCUT2D eigenvalue weighted by molar-refractivity contribution is 5.94. The van der Waals surface area contributed by atoms with E-state index in [9.17, 15) is 4.79 Å². The predicted octanol–water partition coefficient (Wildman–Crippen LogP) is 2.14. The number of rotatable bonds is 4. The van der Waals surface area contributed by atoms with E-state index in [4.69, 9.17) is 4.74 Å². The molecule has 15 heavy (non-hydrogen) atoms. The summed E-state index contributed by atoms with van der Waals surface area (Å²) in [6, 6.07) is 5.46. The monoisotopic (exact) mass is 207 g/mol. The summed E-state index contributed by atoms with van der Waals surface area (Å²) in [5.74, 6) is 0.703. The topological polar surface area (TPSA) is 38.3 Å². The van der Waals surface area contributed by atoms with Crippen LogP contribution in [0.1, 0.15) is 29.3 Å². The lowest BCUT2D eigenvalue weighted by molar-refractivity contribution is 0.0953. The summed E-state index contributed by atoms with van der Waals surface area (Å²) in [7, 11) is 1.61. The molecule has 0 radical (unpaired) electrons. The lowest BCUT2D eigenvalue weighted by Crippen LogP contribution is -2.23. The average molecular weight is 207 g/mol. The molecule has 1 N–H and O–H groups in total. The number of ether oxygens (including phenoxy) is 1. The van der Waals surface area contributed by atoms with Crippen LogP contribution in [0.3, 0.4) is 0 Å². The molecule has 0 unspecified atom stereocenters. The summed E-state index contributed by atoms with van der Waals surface area (Å²) in [4.78, 5) is 11.6. The first-order valence-electron chi connectivity index (χ1n) is 5.12. The van der Waals surface area contributed by atoms with Gasteiger partial charge in [0.1, 0.15) is 5.75 Å².